The summed E-state index contributed by atoms with van der Waals surface area (Å²) in [5.74, 6) is -2.60. The third-order valence-electron chi connectivity index (χ3n) is 1.86. The molecule has 0 heterocycles. The van der Waals surface area contributed by atoms with Gasteiger partial charge in [-0.05, 0) is 13.8 Å². The average Bonchev–Trinajstić information content (AvgIpc) is 2.24. The summed E-state index contributed by atoms with van der Waals surface area (Å²) in [6.07, 6.45) is -0.966. The topological polar surface area (TPSA) is 122 Å². The minimum Gasteiger partial charge on any atom is -0.481 e. The number of nitrogens with one attached hydrogen (secondary N) is 1. The first kappa shape index (κ1) is 17.1. The Morgan fingerprint density at radius 2 is 1.72 bits per heavy atom. The van der Waals surface area contributed by atoms with Crippen molar-refractivity contribution in [2.24, 2.45) is 0 Å². The van der Waals surface area contributed by atoms with Crippen molar-refractivity contribution in [1.82, 2.24) is 5.32 Å². The van der Waals surface area contributed by atoms with Crippen LogP contribution in [0.4, 0.5) is 0 Å². The van der Waals surface area contributed by atoms with E-state index in [1.165, 1.54) is 0 Å². The molecule has 0 aromatic carbocycles. The first-order chi connectivity index (χ1) is 8.34. The van der Waals surface area contributed by atoms with Crippen molar-refractivity contribution < 1.29 is 33.4 Å². The highest BCUT2D eigenvalue weighted by Gasteiger charge is 2.28. The third kappa shape index (κ3) is 6.70. The molecule has 0 aliphatic heterocycles. The molecule has 0 unspecified atom stereocenters. The number of carboxylic acids is 2. The molecule has 0 spiro atoms. The molecule has 0 aromatic rings. The smallest absolute Gasteiger partial charge is 0.344 e. The summed E-state index contributed by atoms with van der Waals surface area (Å²) < 4.78 is 21.8. The highest BCUT2D eigenvalue weighted by molar-refractivity contribution is 7.53. The van der Waals surface area contributed by atoms with Crippen molar-refractivity contribution >= 4 is 19.5 Å². The molecular weight excluding hydrogens is 265 g/mol. The first-order valence-electron chi connectivity index (χ1n) is 5.40. The normalized spacial score (nSPS) is 13.2. The summed E-state index contributed by atoms with van der Waals surface area (Å²) in [7, 11) is -3.42. The lowest BCUT2D eigenvalue weighted by molar-refractivity contribution is -0.145. The summed E-state index contributed by atoms with van der Waals surface area (Å²) >= 11 is 0. The van der Waals surface area contributed by atoms with Gasteiger partial charge in [0.2, 0.25) is 0 Å². The van der Waals surface area contributed by atoms with Crippen LogP contribution in [0.1, 0.15) is 20.3 Å². The van der Waals surface area contributed by atoms with Crippen LogP contribution >= 0.6 is 7.60 Å². The van der Waals surface area contributed by atoms with E-state index in [-0.39, 0.29) is 19.5 Å². The maximum absolute atomic E-state index is 12.0. The fourth-order valence-corrected chi connectivity index (χ4v) is 2.65. The molecule has 0 radical (unpaired) electrons. The molecule has 0 amide bonds. The van der Waals surface area contributed by atoms with E-state index in [1.54, 1.807) is 13.8 Å². The maximum atomic E-state index is 12.0. The molecule has 0 fully saturated rings. The van der Waals surface area contributed by atoms with E-state index in [0.29, 0.717) is 0 Å². The fourth-order valence-electron chi connectivity index (χ4n) is 1.17. The van der Waals surface area contributed by atoms with Gasteiger partial charge in [0.25, 0.3) is 0 Å². The SMILES string of the molecule is CCOP(=O)(CN[C@@H](CC(=O)O)C(=O)O)OCC. The van der Waals surface area contributed by atoms with Gasteiger partial charge in [0.1, 0.15) is 6.04 Å². The zero-order chi connectivity index (χ0) is 14.2. The minimum atomic E-state index is -3.42. The Labute approximate surface area is 105 Å². The largest absolute Gasteiger partial charge is 0.481 e. The number of rotatable bonds is 10. The highest BCUT2D eigenvalue weighted by atomic mass is 31.2. The Kier molecular flexibility index (Phi) is 7.77. The van der Waals surface area contributed by atoms with Gasteiger partial charge in [-0.1, -0.05) is 0 Å². The van der Waals surface area contributed by atoms with E-state index in [0.717, 1.165) is 0 Å². The number of aliphatic carboxylic acids is 2. The van der Waals surface area contributed by atoms with Gasteiger partial charge in [0, 0.05) is 0 Å². The molecule has 0 aliphatic carbocycles. The minimum absolute atomic E-state index is 0.148. The van der Waals surface area contributed by atoms with E-state index < -0.39 is 32.0 Å². The van der Waals surface area contributed by atoms with Crippen LogP contribution in [0.3, 0.4) is 0 Å². The Bertz CT molecular complexity index is 323. The van der Waals surface area contributed by atoms with Crippen molar-refractivity contribution in [3.8, 4) is 0 Å². The van der Waals surface area contributed by atoms with Gasteiger partial charge in [0.15, 0.2) is 0 Å². The molecule has 106 valence electrons. The predicted molar refractivity (Wildman–Crippen MR) is 62.5 cm³/mol. The van der Waals surface area contributed by atoms with E-state index in [9.17, 15) is 14.2 Å². The Morgan fingerprint density at radius 1 is 1.22 bits per heavy atom. The van der Waals surface area contributed by atoms with Crippen molar-refractivity contribution in [2.45, 2.75) is 26.3 Å². The van der Waals surface area contributed by atoms with Gasteiger partial charge < -0.3 is 19.3 Å². The summed E-state index contributed by atoms with van der Waals surface area (Å²) in [6, 6.07) is -1.34. The third-order valence-corrected chi connectivity index (χ3v) is 3.73. The molecule has 1 atom stereocenters. The summed E-state index contributed by atoms with van der Waals surface area (Å²) in [5, 5.41) is 19.7. The molecule has 0 bridgehead atoms. The van der Waals surface area contributed by atoms with Crippen LogP contribution < -0.4 is 5.32 Å². The zero-order valence-electron chi connectivity index (χ0n) is 10.3. The van der Waals surface area contributed by atoms with Gasteiger partial charge in [-0.2, -0.15) is 0 Å². The first-order valence-corrected chi connectivity index (χ1v) is 7.13. The van der Waals surface area contributed by atoms with Gasteiger partial charge in [-0.15, -0.1) is 0 Å². The number of hydrogen-bond acceptors (Lipinski definition) is 6. The lowest BCUT2D eigenvalue weighted by Crippen LogP contribution is -2.39. The second kappa shape index (κ2) is 8.20. The second-order valence-electron chi connectivity index (χ2n) is 3.30. The number of hydrogen-bond donors (Lipinski definition) is 3. The second-order valence-corrected chi connectivity index (χ2v) is 5.35. The molecule has 0 aromatic heterocycles. The molecular formula is C9H18NO7P. The zero-order valence-corrected chi connectivity index (χ0v) is 11.2. The molecule has 18 heavy (non-hydrogen) atoms. The van der Waals surface area contributed by atoms with Crippen LogP contribution in [0.2, 0.25) is 0 Å². The molecule has 8 nitrogen and oxygen atoms in total. The molecule has 0 aliphatic rings. The lowest BCUT2D eigenvalue weighted by atomic mass is 10.2. The maximum Gasteiger partial charge on any atom is 0.344 e. The van der Waals surface area contributed by atoms with Crippen LogP contribution in [0, 0.1) is 0 Å². The quantitative estimate of drug-likeness (QED) is 0.501. The summed E-state index contributed by atoms with van der Waals surface area (Å²) in [4.78, 5) is 21.2. The highest BCUT2D eigenvalue weighted by Crippen LogP contribution is 2.46. The average molecular weight is 283 g/mol. The Hall–Kier alpha value is -0.950. The van der Waals surface area contributed by atoms with E-state index in [1.807, 2.05) is 0 Å². The molecule has 0 saturated carbocycles. The molecule has 3 N–H and O–H groups in total. The van der Waals surface area contributed by atoms with Crippen molar-refractivity contribution in [3.63, 3.8) is 0 Å². The van der Waals surface area contributed by atoms with E-state index >= 15 is 0 Å². The van der Waals surface area contributed by atoms with Crippen LogP contribution in [0.25, 0.3) is 0 Å². The van der Waals surface area contributed by atoms with Gasteiger partial charge in [0.05, 0.1) is 25.9 Å². The fraction of sp³-hybridized carbons (Fsp3) is 0.778. The number of carbonyl (C=O) groups is 2. The van der Waals surface area contributed by atoms with Gasteiger partial charge >= 0.3 is 19.5 Å². The lowest BCUT2D eigenvalue weighted by Gasteiger charge is -2.19. The van der Waals surface area contributed by atoms with Gasteiger partial charge in [-0.3, -0.25) is 19.5 Å². The van der Waals surface area contributed by atoms with Crippen molar-refractivity contribution in [2.75, 3.05) is 19.5 Å². The van der Waals surface area contributed by atoms with Crippen LogP contribution in [0.5, 0.6) is 0 Å². The van der Waals surface area contributed by atoms with Crippen molar-refractivity contribution in [1.29, 1.82) is 0 Å². The molecule has 0 rings (SSSR count). The van der Waals surface area contributed by atoms with E-state index in [2.05, 4.69) is 5.32 Å². The predicted octanol–water partition coefficient (Wildman–Crippen LogP) is 0.727. The van der Waals surface area contributed by atoms with Gasteiger partial charge in [-0.25, -0.2) is 0 Å². The van der Waals surface area contributed by atoms with Crippen LogP contribution in [-0.2, 0) is 23.2 Å². The standard InChI is InChI=1S/C9H18NO7P/c1-3-16-18(15,17-4-2)6-10-7(9(13)14)5-8(11)12/h7,10H,3-6H2,1-2H3,(H,11,12)(H,13,14)/t7-/m0/s1. The monoisotopic (exact) mass is 283 g/mol. The molecule has 0 saturated heterocycles. The van der Waals surface area contributed by atoms with Crippen molar-refractivity contribution in [3.05, 3.63) is 0 Å². The summed E-state index contributed by atoms with van der Waals surface area (Å²) in [6.45, 7) is 3.54. The molecule has 9 heteroatoms. The van der Waals surface area contributed by atoms with Crippen LogP contribution in [-0.4, -0.2) is 47.7 Å². The van der Waals surface area contributed by atoms with E-state index in [4.69, 9.17) is 19.3 Å². The Balaban J connectivity index is 4.50. The summed E-state index contributed by atoms with van der Waals surface area (Å²) in [5.41, 5.74) is 0. The number of carboxylic acid groups (broad SMARTS) is 2. The Morgan fingerprint density at radius 3 is 2.06 bits per heavy atom. The van der Waals surface area contributed by atoms with Crippen LogP contribution in [0.15, 0.2) is 0 Å².